The summed E-state index contributed by atoms with van der Waals surface area (Å²) in [4.78, 5) is 1.57. The average Bonchev–Trinajstić information content (AvgIpc) is 2.74. The first-order valence-electron chi connectivity index (χ1n) is 8.23. The van der Waals surface area contributed by atoms with Crippen molar-refractivity contribution in [3.05, 3.63) is 35.5 Å². The standard InChI is InChI=1S/C18H26N2O/c1-14-15(2)20(18-9-5-4-8-17(14)18)13-16(21)12-19-10-6-3-7-11-19/h4-5,8-9,16,21H,3,6-7,10-13H2,1-2H3/p+1/t16-/m0/s1. The van der Waals surface area contributed by atoms with Gasteiger partial charge < -0.3 is 14.6 Å². The molecule has 0 radical (unpaired) electrons. The maximum atomic E-state index is 10.5. The van der Waals surface area contributed by atoms with Crippen molar-refractivity contribution in [1.29, 1.82) is 0 Å². The van der Waals surface area contributed by atoms with Crippen LogP contribution in [0.3, 0.4) is 0 Å². The van der Waals surface area contributed by atoms with Gasteiger partial charge in [-0.05, 0) is 44.7 Å². The van der Waals surface area contributed by atoms with Crippen LogP contribution in [0.15, 0.2) is 24.3 Å². The summed E-state index contributed by atoms with van der Waals surface area (Å²) >= 11 is 0. The van der Waals surface area contributed by atoms with Crippen molar-refractivity contribution in [2.45, 2.75) is 45.8 Å². The van der Waals surface area contributed by atoms with E-state index in [0.717, 1.165) is 6.54 Å². The quantitative estimate of drug-likeness (QED) is 0.880. The Kier molecular flexibility index (Phi) is 4.32. The maximum absolute atomic E-state index is 10.5. The van der Waals surface area contributed by atoms with Gasteiger partial charge in [-0.25, -0.2) is 0 Å². The number of hydrogen-bond donors (Lipinski definition) is 2. The summed E-state index contributed by atoms with van der Waals surface area (Å²) in [6.07, 6.45) is 3.73. The second-order valence-corrected chi connectivity index (χ2v) is 6.51. The van der Waals surface area contributed by atoms with Crippen LogP contribution in [0.5, 0.6) is 0 Å². The lowest BCUT2D eigenvalue weighted by Gasteiger charge is -2.26. The number of quaternary nitrogens is 1. The number of aliphatic hydroxyl groups excluding tert-OH is 1. The van der Waals surface area contributed by atoms with Crippen LogP contribution in [0.4, 0.5) is 0 Å². The van der Waals surface area contributed by atoms with Gasteiger partial charge in [0.1, 0.15) is 12.6 Å². The molecule has 1 aliphatic rings. The average molecular weight is 287 g/mol. The molecule has 3 nitrogen and oxygen atoms in total. The summed E-state index contributed by atoms with van der Waals surface area (Å²) < 4.78 is 2.29. The fourth-order valence-electron chi connectivity index (χ4n) is 3.70. The van der Waals surface area contributed by atoms with Crippen LogP contribution >= 0.6 is 0 Å². The number of aromatic nitrogens is 1. The molecular weight excluding hydrogens is 260 g/mol. The van der Waals surface area contributed by atoms with Gasteiger partial charge in [-0.1, -0.05) is 18.2 Å². The first-order valence-corrected chi connectivity index (χ1v) is 8.23. The molecule has 3 rings (SSSR count). The van der Waals surface area contributed by atoms with Gasteiger partial charge in [0.05, 0.1) is 19.6 Å². The molecule has 0 bridgehead atoms. The van der Waals surface area contributed by atoms with E-state index in [1.165, 1.54) is 54.5 Å². The zero-order chi connectivity index (χ0) is 14.8. The summed E-state index contributed by atoms with van der Waals surface area (Å²) in [6.45, 7) is 8.38. The Labute approximate surface area is 127 Å². The first-order chi connectivity index (χ1) is 10.2. The zero-order valence-electron chi connectivity index (χ0n) is 13.2. The van der Waals surface area contributed by atoms with Crippen molar-refractivity contribution in [3.8, 4) is 0 Å². The Balaban J connectivity index is 1.76. The van der Waals surface area contributed by atoms with E-state index in [2.05, 4.69) is 42.7 Å². The van der Waals surface area contributed by atoms with Gasteiger partial charge in [-0.2, -0.15) is 0 Å². The topological polar surface area (TPSA) is 29.6 Å². The van der Waals surface area contributed by atoms with Gasteiger partial charge in [0, 0.05) is 16.6 Å². The van der Waals surface area contributed by atoms with Crippen molar-refractivity contribution in [3.63, 3.8) is 0 Å². The minimum Gasteiger partial charge on any atom is -0.385 e. The van der Waals surface area contributed by atoms with Gasteiger partial charge in [-0.3, -0.25) is 0 Å². The fourth-order valence-corrected chi connectivity index (χ4v) is 3.70. The lowest BCUT2D eigenvalue weighted by atomic mass is 10.1. The van der Waals surface area contributed by atoms with Gasteiger partial charge >= 0.3 is 0 Å². The highest BCUT2D eigenvalue weighted by Gasteiger charge is 2.20. The number of piperidine rings is 1. The second-order valence-electron chi connectivity index (χ2n) is 6.51. The van der Waals surface area contributed by atoms with E-state index in [9.17, 15) is 5.11 Å². The number of nitrogens with zero attached hydrogens (tertiary/aromatic N) is 1. The molecule has 114 valence electrons. The van der Waals surface area contributed by atoms with E-state index < -0.39 is 0 Å². The molecule has 0 unspecified atom stereocenters. The highest BCUT2D eigenvalue weighted by molar-refractivity contribution is 5.85. The third-order valence-electron chi connectivity index (χ3n) is 5.02. The lowest BCUT2D eigenvalue weighted by Crippen LogP contribution is -3.13. The van der Waals surface area contributed by atoms with E-state index in [-0.39, 0.29) is 6.10 Å². The third kappa shape index (κ3) is 2.99. The van der Waals surface area contributed by atoms with Crippen LogP contribution in [-0.2, 0) is 6.54 Å². The van der Waals surface area contributed by atoms with Crippen molar-refractivity contribution in [2.24, 2.45) is 0 Å². The van der Waals surface area contributed by atoms with E-state index >= 15 is 0 Å². The van der Waals surface area contributed by atoms with Crippen LogP contribution in [0.2, 0.25) is 0 Å². The zero-order valence-corrected chi connectivity index (χ0v) is 13.2. The van der Waals surface area contributed by atoms with Gasteiger partial charge in [0.25, 0.3) is 0 Å². The minimum absolute atomic E-state index is 0.257. The van der Waals surface area contributed by atoms with Gasteiger partial charge in [0.2, 0.25) is 0 Å². The number of likely N-dealkylation sites (tertiary alicyclic amines) is 1. The van der Waals surface area contributed by atoms with E-state index in [0.29, 0.717) is 6.54 Å². The second kappa shape index (κ2) is 6.20. The highest BCUT2D eigenvalue weighted by Crippen LogP contribution is 2.24. The molecule has 1 aromatic heterocycles. The van der Waals surface area contributed by atoms with Crippen molar-refractivity contribution >= 4 is 10.9 Å². The number of para-hydroxylation sites is 1. The van der Waals surface area contributed by atoms with Crippen LogP contribution < -0.4 is 4.90 Å². The summed E-state index contributed by atoms with van der Waals surface area (Å²) in [5.41, 5.74) is 3.87. The monoisotopic (exact) mass is 287 g/mol. The number of hydrogen-bond acceptors (Lipinski definition) is 1. The van der Waals surface area contributed by atoms with Crippen LogP contribution in [0.25, 0.3) is 10.9 Å². The number of nitrogens with one attached hydrogen (secondary N) is 1. The smallest absolute Gasteiger partial charge is 0.121 e. The normalized spacial score (nSPS) is 18.2. The van der Waals surface area contributed by atoms with Crippen LogP contribution in [0.1, 0.15) is 30.5 Å². The minimum atomic E-state index is -0.257. The Bertz CT molecular complexity index is 611. The predicted molar refractivity (Wildman–Crippen MR) is 86.8 cm³/mol. The summed E-state index contributed by atoms with van der Waals surface area (Å²) in [5, 5.41) is 11.8. The molecule has 1 aromatic carbocycles. The molecule has 2 heterocycles. The molecule has 3 heteroatoms. The number of benzene rings is 1. The van der Waals surface area contributed by atoms with Crippen LogP contribution in [-0.4, -0.2) is 35.4 Å². The van der Waals surface area contributed by atoms with E-state index in [1.54, 1.807) is 4.90 Å². The Morgan fingerprint density at radius 1 is 1.14 bits per heavy atom. The van der Waals surface area contributed by atoms with Crippen molar-refractivity contribution in [2.75, 3.05) is 19.6 Å². The summed E-state index contributed by atoms with van der Waals surface area (Å²) in [7, 11) is 0. The molecule has 1 aliphatic heterocycles. The Morgan fingerprint density at radius 2 is 1.86 bits per heavy atom. The van der Waals surface area contributed by atoms with E-state index in [1.807, 2.05) is 0 Å². The number of fused-ring (bicyclic) bond motifs is 1. The number of aliphatic hydroxyl groups is 1. The highest BCUT2D eigenvalue weighted by atomic mass is 16.3. The molecule has 0 saturated carbocycles. The Hall–Kier alpha value is -1.32. The van der Waals surface area contributed by atoms with Crippen molar-refractivity contribution in [1.82, 2.24) is 4.57 Å². The summed E-state index contributed by atoms with van der Waals surface area (Å²) in [5.74, 6) is 0. The van der Waals surface area contributed by atoms with Crippen molar-refractivity contribution < 1.29 is 10.0 Å². The molecule has 1 fully saturated rings. The third-order valence-corrected chi connectivity index (χ3v) is 5.02. The molecule has 1 saturated heterocycles. The molecule has 0 aliphatic carbocycles. The summed E-state index contributed by atoms with van der Waals surface area (Å²) in [6, 6.07) is 8.51. The SMILES string of the molecule is Cc1c(C)n(C[C@@H](O)C[NH+]2CCCCC2)c2ccccc12. The fraction of sp³-hybridized carbons (Fsp3) is 0.556. The molecule has 21 heavy (non-hydrogen) atoms. The van der Waals surface area contributed by atoms with E-state index in [4.69, 9.17) is 0 Å². The molecule has 0 spiro atoms. The van der Waals surface area contributed by atoms with Crippen LogP contribution in [0, 0.1) is 13.8 Å². The lowest BCUT2D eigenvalue weighted by molar-refractivity contribution is -0.908. The Morgan fingerprint density at radius 3 is 2.62 bits per heavy atom. The molecular formula is C18H27N2O+. The first kappa shape index (κ1) is 14.6. The predicted octanol–water partition coefficient (Wildman–Crippen LogP) is 1.69. The molecule has 1 atom stereocenters. The number of aryl methyl sites for hydroxylation is 1. The molecule has 2 N–H and O–H groups in total. The maximum Gasteiger partial charge on any atom is 0.121 e. The number of rotatable bonds is 4. The largest absolute Gasteiger partial charge is 0.385 e. The molecule has 0 amide bonds. The van der Waals surface area contributed by atoms with Gasteiger partial charge in [0.15, 0.2) is 0 Å². The molecule has 2 aromatic rings. The van der Waals surface area contributed by atoms with Gasteiger partial charge in [-0.15, -0.1) is 0 Å².